The lowest BCUT2D eigenvalue weighted by atomic mass is 10.1. The van der Waals surface area contributed by atoms with E-state index in [-0.39, 0.29) is 11.2 Å². The van der Waals surface area contributed by atoms with Crippen LogP contribution in [0.3, 0.4) is 0 Å². The normalized spacial score (nSPS) is 17.4. The largest absolute Gasteiger partial charge is 0.310 e. The van der Waals surface area contributed by atoms with Crippen molar-refractivity contribution in [2.24, 2.45) is 0 Å². The van der Waals surface area contributed by atoms with Crippen molar-refractivity contribution in [3.05, 3.63) is 64.0 Å². The lowest BCUT2D eigenvalue weighted by Gasteiger charge is -2.13. The third-order valence-corrected chi connectivity index (χ3v) is 6.34. The SMILES string of the molecule is Cc1ccsc1[C@@H]1SCC(=O)Nc2c1cnn2-c1ccccc1. The molecule has 1 N–H and O–H groups in total. The number of aromatic nitrogens is 2. The molecule has 2 aromatic heterocycles. The fourth-order valence-corrected chi connectivity index (χ4v) is 5.10. The predicted octanol–water partition coefficient (Wildman–Crippen LogP) is 4.02. The first-order chi connectivity index (χ1) is 11.2. The third kappa shape index (κ3) is 2.58. The average molecular weight is 341 g/mol. The van der Waals surface area contributed by atoms with Crippen LogP contribution in [0, 0.1) is 6.92 Å². The Balaban J connectivity index is 1.86. The van der Waals surface area contributed by atoms with Crippen molar-refractivity contribution >= 4 is 34.8 Å². The molecular weight excluding hydrogens is 326 g/mol. The first kappa shape index (κ1) is 14.5. The van der Waals surface area contributed by atoms with Crippen LogP contribution < -0.4 is 5.32 Å². The van der Waals surface area contributed by atoms with Crippen molar-refractivity contribution in [3.63, 3.8) is 0 Å². The molecule has 1 aliphatic rings. The topological polar surface area (TPSA) is 46.9 Å². The summed E-state index contributed by atoms with van der Waals surface area (Å²) < 4.78 is 1.81. The monoisotopic (exact) mass is 341 g/mol. The van der Waals surface area contributed by atoms with Crippen LogP contribution in [0.2, 0.25) is 0 Å². The van der Waals surface area contributed by atoms with E-state index in [1.165, 1.54) is 10.4 Å². The van der Waals surface area contributed by atoms with Gasteiger partial charge in [0.05, 0.1) is 22.9 Å². The van der Waals surface area contributed by atoms with Gasteiger partial charge in [0.1, 0.15) is 5.82 Å². The van der Waals surface area contributed by atoms with E-state index in [4.69, 9.17) is 0 Å². The quantitative estimate of drug-likeness (QED) is 0.766. The van der Waals surface area contributed by atoms with Crippen LogP contribution in [-0.2, 0) is 4.79 Å². The van der Waals surface area contributed by atoms with Crippen molar-refractivity contribution < 1.29 is 4.79 Å². The minimum absolute atomic E-state index is 0.0191. The van der Waals surface area contributed by atoms with Gasteiger partial charge in [-0.3, -0.25) is 4.79 Å². The lowest BCUT2D eigenvalue weighted by Crippen LogP contribution is -2.15. The lowest BCUT2D eigenvalue weighted by molar-refractivity contribution is -0.113. The van der Waals surface area contributed by atoms with Crippen molar-refractivity contribution in [1.82, 2.24) is 9.78 Å². The zero-order valence-electron chi connectivity index (χ0n) is 12.5. The second-order valence-electron chi connectivity index (χ2n) is 5.40. The molecule has 4 rings (SSSR count). The molecule has 1 amide bonds. The van der Waals surface area contributed by atoms with E-state index in [2.05, 4.69) is 28.8 Å². The predicted molar refractivity (Wildman–Crippen MR) is 95.6 cm³/mol. The standard InChI is InChI=1S/C17H15N3OS2/c1-11-7-8-22-15(11)16-13-9-18-20(12-5-3-2-4-6-12)17(13)19-14(21)10-23-16/h2-9,16H,10H2,1H3,(H,19,21)/t16-/m1/s1. The van der Waals surface area contributed by atoms with E-state index in [0.717, 1.165) is 17.1 Å². The Morgan fingerprint density at radius 2 is 2.09 bits per heavy atom. The van der Waals surface area contributed by atoms with Crippen molar-refractivity contribution in [3.8, 4) is 5.69 Å². The van der Waals surface area contributed by atoms with E-state index in [1.54, 1.807) is 23.1 Å². The molecule has 1 aliphatic heterocycles. The van der Waals surface area contributed by atoms with Crippen LogP contribution in [-0.4, -0.2) is 21.4 Å². The Morgan fingerprint density at radius 3 is 2.83 bits per heavy atom. The molecule has 0 fully saturated rings. The number of amides is 1. The number of carbonyl (C=O) groups is 1. The molecule has 0 saturated heterocycles. The minimum atomic E-state index is 0.0191. The van der Waals surface area contributed by atoms with E-state index in [9.17, 15) is 4.79 Å². The van der Waals surface area contributed by atoms with Gasteiger partial charge in [-0.2, -0.15) is 5.10 Å². The highest BCUT2D eigenvalue weighted by atomic mass is 32.2. The summed E-state index contributed by atoms with van der Waals surface area (Å²) in [6, 6.07) is 12.0. The molecule has 4 nitrogen and oxygen atoms in total. The summed E-state index contributed by atoms with van der Waals surface area (Å²) in [7, 11) is 0. The number of rotatable bonds is 2. The van der Waals surface area contributed by atoms with Gasteiger partial charge in [0.15, 0.2) is 0 Å². The summed E-state index contributed by atoms with van der Waals surface area (Å²) in [6.45, 7) is 2.12. The number of thiophene rings is 1. The maximum atomic E-state index is 12.2. The van der Waals surface area contributed by atoms with Gasteiger partial charge in [0, 0.05) is 10.4 Å². The van der Waals surface area contributed by atoms with Crippen molar-refractivity contribution in [2.45, 2.75) is 12.2 Å². The van der Waals surface area contributed by atoms with E-state index >= 15 is 0 Å². The number of nitrogens with zero attached hydrogens (tertiary/aromatic N) is 2. The van der Waals surface area contributed by atoms with Crippen molar-refractivity contribution in [1.29, 1.82) is 0 Å². The van der Waals surface area contributed by atoms with Gasteiger partial charge in [0.2, 0.25) is 5.91 Å². The highest BCUT2D eigenvalue weighted by Gasteiger charge is 2.29. The second-order valence-corrected chi connectivity index (χ2v) is 7.44. The molecular formula is C17H15N3OS2. The number of benzene rings is 1. The maximum absolute atomic E-state index is 12.2. The summed E-state index contributed by atoms with van der Waals surface area (Å²) in [5.41, 5.74) is 3.28. The smallest absolute Gasteiger partial charge is 0.235 e. The number of fused-ring (bicyclic) bond motifs is 1. The molecule has 1 aromatic carbocycles. The van der Waals surface area contributed by atoms with Gasteiger partial charge in [0.25, 0.3) is 0 Å². The summed E-state index contributed by atoms with van der Waals surface area (Å²) in [4.78, 5) is 13.4. The number of aryl methyl sites for hydroxylation is 1. The summed E-state index contributed by atoms with van der Waals surface area (Å²) in [5, 5.41) is 9.80. The van der Waals surface area contributed by atoms with Crippen LogP contribution in [0.1, 0.15) is 21.3 Å². The summed E-state index contributed by atoms with van der Waals surface area (Å²) >= 11 is 3.40. The number of para-hydroxylation sites is 1. The fraction of sp³-hybridized carbons (Fsp3) is 0.176. The molecule has 116 valence electrons. The third-order valence-electron chi connectivity index (χ3n) is 3.86. The summed E-state index contributed by atoms with van der Waals surface area (Å²) in [5.74, 6) is 1.25. The Bertz CT molecular complexity index is 854. The number of hydrogen-bond donors (Lipinski definition) is 1. The van der Waals surface area contributed by atoms with Gasteiger partial charge in [-0.1, -0.05) is 18.2 Å². The zero-order valence-corrected chi connectivity index (χ0v) is 14.2. The molecule has 3 aromatic rings. The maximum Gasteiger partial charge on any atom is 0.235 e. The number of hydrogen-bond acceptors (Lipinski definition) is 4. The highest BCUT2D eigenvalue weighted by Crippen LogP contribution is 2.44. The molecule has 0 bridgehead atoms. The van der Waals surface area contributed by atoms with Crippen LogP contribution >= 0.6 is 23.1 Å². The van der Waals surface area contributed by atoms with Gasteiger partial charge in [-0.05, 0) is 36.1 Å². The molecule has 23 heavy (non-hydrogen) atoms. The van der Waals surface area contributed by atoms with Gasteiger partial charge in [-0.15, -0.1) is 23.1 Å². The van der Waals surface area contributed by atoms with Crippen LogP contribution in [0.4, 0.5) is 5.82 Å². The second kappa shape index (κ2) is 5.86. The number of thioether (sulfide) groups is 1. The van der Waals surface area contributed by atoms with E-state index in [1.807, 2.05) is 41.2 Å². The Hall–Kier alpha value is -2.05. The Labute approximate surface area is 142 Å². The van der Waals surface area contributed by atoms with Gasteiger partial charge >= 0.3 is 0 Å². The molecule has 0 radical (unpaired) electrons. The van der Waals surface area contributed by atoms with Crippen LogP contribution in [0.15, 0.2) is 48.0 Å². The molecule has 6 heteroatoms. The van der Waals surface area contributed by atoms with Crippen molar-refractivity contribution in [2.75, 3.05) is 11.1 Å². The molecule has 1 atom stereocenters. The van der Waals surface area contributed by atoms with E-state index in [0.29, 0.717) is 5.75 Å². The van der Waals surface area contributed by atoms with Gasteiger partial charge < -0.3 is 5.32 Å². The Kier molecular flexibility index (Phi) is 3.71. The average Bonchev–Trinajstić information content (AvgIpc) is 3.13. The molecule has 0 saturated carbocycles. The van der Waals surface area contributed by atoms with Crippen LogP contribution in [0.5, 0.6) is 0 Å². The Morgan fingerprint density at radius 1 is 1.26 bits per heavy atom. The molecule has 0 aliphatic carbocycles. The fourth-order valence-electron chi connectivity index (χ4n) is 2.73. The molecule has 0 spiro atoms. The molecule has 0 unspecified atom stereocenters. The van der Waals surface area contributed by atoms with E-state index < -0.39 is 0 Å². The first-order valence-electron chi connectivity index (χ1n) is 7.33. The van der Waals surface area contributed by atoms with Gasteiger partial charge in [-0.25, -0.2) is 4.68 Å². The highest BCUT2D eigenvalue weighted by molar-refractivity contribution is 8.00. The minimum Gasteiger partial charge on any atom is -0.310 e. The number of carbonyl (C=O) groups excluding carboxylic acids is 1. The first-order valence-corrected chi connectivity index (χ1v) is 9.25. The summed E-state index contributed by atoms with van der Waals surface area (Å²) in [6.07, 6.45) is 1.88. The number of anilines is 1. The molecule has 3 heterocycles. The number of nitrogens with one attached hydrogen (secondary N) is 1. The van der Waals surface area contributed by atoms with Crippen LogP contribution in [0.25, 0.3) is 5.69 Å². The zero-order chi connectivity index (χ0) is 15.8.